The van der Waals surface area contributed by atoms with E-state index in [9.17, 15) is 9.18 Å². The van der Waals surface area contributed by atoms with Crippen LogP contribution >= 0.6 is 0 Å². The average Bonchev–Trinajstić information content (AvgIpc) is 2.26. The largest absolute Gasteiger partial charge is 0.465 e. The minimum Gasteiger partial charge on any atom is -0.465 e. The van der Waals surface area contributed by atoms with Gasteiger partial charge in [0.25, 0.3) is 0 Å². The van der Waals surface area contributed by atoms with E-state index in [0.29, 0.717) is 12.3 Å². The summed E-state index contributed by atoms with van der Waals surface area (Å²) in [7, 11) is 0. The van der Waals surface area contributed by atoms with Crippen LogP contribution in [0.2, 0.25) is 0 Å². The van der Waals surface area contributed by atoms with Crippen LogP contribution in [0.3, 0.4) is 0 Å². The fraction of sp³-hybridized carbons (Fsp3) is 0.308. The van der Waals surface area contributed by atoms with Crippen LogP contribution in [0, 0.1) is 24.6 Å². The molecule has 0 aromatic heterocycles. The van der Waals surface area contributed by atoms with Gasteiger partial charge in [-0.05, 0) is 31.5 Å². The second kappa shape index (κ2) is 5.90. The Bertz CT molecular complexity index is 486. The zero-order valence-electron chi connectivity index (χ0n) is 9.84. The first-order chi connectivity index (χ1) is 8.04. The summed E-state index contributed by atoms with van der Waals surface area (Å²) in [6, 6.07) is 2.78. The number of nitrogen functional groups attached to an aromatic ring is 1. The number of hydrogen-bond acceptors (Lipinski definition) is 3. The van der Waals surface area contributed by atoms with Crippen molar-refractivity contribution in [2.45, 2.75) is 20.3 Å². The van der Waals surface area contributed by atoms with Crippen LogP contribution in [0.25, 0.3) is 0 Å². The van der Waals surface area contributed by atoms with Gasteiger partial charge in [-0.25, -0.2) is 4.39 Å². The fourth-order valence-electron chi connectivity index (χ4n) is 1.22. The summed E-state index contributed by atoms with van der Waals surface area (Å²) in [4.78, 5) is 11.0. The molecular formula is C13H14FNO2. The number of carbonyl (C=O) groups excluding carboxylic acids is 1. The Hall–Kier alpha value is -2.02. The maximum atomic E-state index is 13.4. The predicted octanol–water partition coefficient (Wildman–Crippen LogP) is 2.02. The molecule has 0 amide bonds. The quantitative estimate of drug-likeness (QED) is 0.484. The van der Waals surface area contributed by atoms with E-state index in [2.05, 4.69) is 11.8 Å². The van der Waals surface area contributed by atoms with Crippen LogP contribution in [0.1, 0.15) is 24.5 Å². The van der Waals surface area contributed by atoms with Crippen LogP contribution in [-0.4, -0.2) is 12.6 Å². The molecule has 0 bridgehead atoms. The molecule has 0 unspecified atom stereocenters. The number of benzene rings is 1. The first kappa shape index (κ1) is 13.0. The molecule has 0 saturated carbocycles. The number of rotatable bonds is 2. The molecule has 0 atom stereocenters. The third-order valence-electron chi connectivity index (χ3n) is 2.12. The summed E-state index contributed by atoms with van der Waals surface area (Å²) in [6.07, 6.45) is -0.0449. The number of ether oxygens (including phenoxy) is 1. The lowest BCUT2D eigenvalue weighted by molar-refractivity contribution is -0.141. The molecule has 4 heteroatoms. The molecule has 0 fully saturated rings. The molecule has 0 radical (unpaired) electrons. The maximum absolute atomic E-state index is 13.4. The van der Waals surface area contributed by atoms with Crippen molar-refractivity contribution in [1.82, 2.24) is 0 Å². The average molecular weight is 235 g/mol. The van der Waals surface area contributed by atoms with E-state index in [1.54, 1.807) is 19.9 Å². The highest BCUT2D eigenvalue weighted by Crippen LogP contribution is 2.16. The fourth-order valence-corrected chi connectivity index (χ4v) is 1.22. The van der Waals surface area contributed by atoms with E-state index in [1.807, 2.05) is 0 Å². The molecule has 0 heterocycles. The molecule has 1 aromatic rings. The SMILES string of the molecule is CCOC(=O)CC#Cc1cc(C)c(N)cc1F. The molecule has 3 nitrogen and oxygen atoms in total. The van der Waals surface area contributed by atoms with E-state index in [1.165, 1.54) is 6.07 Å². The Labute approximate surface area is 99.8 Å². The van der Waals surface area contributed by atoms with E-state index in [-0.39, 0.29) is 12.0 Å². The molecule has 2 N–H and O–H groups in total. The standard InChI is InChI=1S/C13H14FNO2/c1-3-17-13(16)6-4-5-10-7-9(2)12(15)8-11(10)14/h7-8H,3,6,15H2,1-2H3. The van der Waals surface area contributed by atoms with Crippen LogP contribution in [0.15, 0.2) is 12.1 Å². The van der Waals surface area contributed by atoms with Crippen molar-refractivity contribution >= 4 is 11.7 Å². The van der Waals surface area contributed by atoms with Gasteiger partial charge in [0.15, 0.2) is 0 Å². The number of aryl methyl sites for hydroxylation is 1. The number of carbonyl (C=O) groups is 1. The Balaban J connectivity index is 2.79. The van der Waals surface area contributed by atoms with Gasteiger partial charge in [-0.15, -0.1) is 0 Å². The number of anilines is 1. The predicted molar refractivity (Wildman–Crippen MR) is 63.7 cm³/mol. The summed E-state index contributed by atoms with van der Waals surface area (Å²) in [5.74, 6) is 4.27. The lowest BCUT2D eigenvalue weighted by Crippen LogP contribution is -2.01. The monoisotopic (exact) mass is 235 g/mol. The van der Waals surface area contributed by atoms with Gasteiger partial charge in [0.05, 0.1) is 12.2 Å². The first-order valence-corrected chi connectivity index (χ1v) is 5.24. The second-order valence-corrected chi connectivity index (χ2v) is 3.47. The number of esters is 1. The molecular weight excluding hydrogens is 221 g/mol. The van der Waals surface area contributed by atoms with Gasteiger partial charge in [-0.3, -0.25) is 4.79 Å². The zero-order chi connectivity index (χ0) is 12.8. The molecule has 1 rings (SSSR count). The van der Waals surface area contributed by atoms with E-state index in [4.69, 9.17) is 10.5 Å². The first-order valence-electron chi connectivity index (χ1n) is 5.24. The normalized spacial score (nSPS) is 9.35. The van der Waals surface area contributed by atoms with Gasteiger partial charge >= 0.3 is 5.97 Å². The molecule has 90 valence electrons. The lowest BCUT2D eigenvalue weighted by Gasteiger charge is -2.01. The number of halogens is 1. The van der Waals surface area contributed by atoms with Crippen molar-refractivity contribution in [3.63, 3.8) is 0 Å². The number of nitrogens with two attached hydrogens (primary N) is 1. The maximum Gasteiger partial charge on any atom is 0.317 e. The smallest absolute Gasteiger partial charge is 0.317 e. The van der Waals surface area contributed by atoms with Gasteiger partial charge in [0, 0.05) is 5.69 Å². The van der Waals surface area contributed by atoms with Crippen LogP contribution in [0.5, 0.6) is 0 Å². The summed E-state index contributed by atoms with van der Waals surface area (Å²) in [5, 5.41) is 0. The highest BCUT2D eigenvalue weighted by atomic mass is 19.1. The van der Waals surface area contributed by atoms with Crippen molar-refractivity contribution in [1.29, 1.82) is 0 Å². The Morgan fingerprint density at radius 2 is 2.24 bits per heavy atom. The summed E-state index contributed by atoms with van der Waals surface area (Å²) < 4.78 is 18.1. The lowest BCUT2D eigenvalue weighted by atomic mass is 10.1. The van der Waals surface area contributed by atoms with Crippen molar-refractivity contribution in [3.8, 4) is 11.8 Å². The molecule has 0 saturated heterocycles. The molecule has 0 aliphatic rings. The third kappa shape index (κ3) is 3.80. The highest BCUT2D eigenvalue weighted by molar-refractivity contribution is 5.72. The van der Waals surface area contributed by atoms with Gasteiger partial charge in [-0.1, -0.05) is 11.8 Å². The molecule has 0 spiro atoms. The van der Waals surface area contributed by atoms with Gasteiger partial charge in [0.1, 0.15) is 12.2 Å². The van der Waals surface area contributed by atoms with Crippen molar-refractivity contribution in [3.05, 3.63) is 29.1 Å². The van der Waals surface area contributed by atoms with Crippen molar-refractivity contribution < 1.29 is 13.9 Å². The molecule has 1 aromatic carbocycles. The van der Waals surface area contributed by atoms with Gasteiger partial charge in [0.2, 0.25) is 0 Å². The second-order valence-electron chi connectivity index (χ2n) is 3.47. The van der Waals surface area contributed by atoms with E-state index >= 15 is 0 Å². The van der Waals surface area contributed by atoms with Crippen molar-refractivity contribution in [2.24, 2.45) is 0 Å². The van der Waals surface area contributed by atoms with Gasteiger partial charge < -0.3 is 10.5 Å². The number of hydrogen-bond donors (Lipinski definition) is 1. The minimum atomic E-state index is -0.482. The summed E-state index contributed by atoms with van der Waals surface area (Å²) >= 11 is 0. The molecule has 0 aliphatic heterocycles. The Kier molecular flexibility index (Phi) is 4.53. The molecule has 17 heavy (non-hydrogen) atoms. The summed E-state index contributed by atoms with van der Waals surface area (Å²) in [6.45, 7) is 3.80. The van der Waals surface area contributed by atoms with E-state index in [0.717, 1.165) is 5.56 Å². The van der Waals surface area contributed by atoms with Crippen LogP contribution in [0.4, 0.5) is 10.1 Å². The van der Waals surface area contributed by atoms with Gasteiger partial charge in [-0.2, -0.15) is 0 Å². The topological polar surface area (TPSA) is 52.3 Å². The zero-order valence-corrected chi connectivity index (χ0v) is 9.84. The minimum absolute atomic E-state index is 0.0449. The van der Waals surface area contributed by atoms with Crippen LogP contribution < -0.4 is 5.73 Å². The van der Waals surface area contributed by atoms with E-state index < -0.39 is 11.8 Å². The third-order valence-corrected chi connectivity index (χ3v) is 2.12. The van der Waals surface area contributed by atoms with Crippen LogP contribution in [-0.2, 0) is 9.53 Å². The Morgan fingerprint density at radius 1 is 1.53 bits per heavy atom. The Morgan fingerprint density at radius 3 is 2.88 bits per heavy atom. The molecule has 0 aliphatic carbocycles. The highest BCUT2D eigenvalue weighted by Gasteiger charge is 2.03. The van der Waals surface area contributed by atoms with Crippen molar-refractivity contribution in [2.75, 3.05) is 12.3 Å². The summed E-state index contributed by atoms with van der Waals surface area (Å²) in [5.41, 5.74) is 6.92.